The smallest absolute Gasteiger partial charge is 0.0342 e. The molecule has 0 saturated carbocycles. The standard InChI is InChI=1S/C12H14BrNS/c1-9(13)8-14-11-6-7-15-12-5-3-2-4-10(11)12/h2-5,11,14H,1,6-8H2. The van der Waals surface area contributed by atoms with Crippen LogP contribution in [0.4, 0.5) is 0 Å². The van der Waals surface area contributed by atoms with Gasteiger partial charge in [-0.05, 0) is 23.8 Å². The van der Waals surface area contributed by atoms with Crippen LogP contribution in [0.5, 0.6) is 0 Å². The second kappa shape index (κ2) is 5.19. The number of halogens is 1. The van der Waals surface area contributed by atoms with Gasteiger partial charge in [0.15, 0.2) is 0 Å². The minimum atomic E-state index is 0.483. The van der Waals surface area contributed by atoms with Crippen LogP contribution in [0.1, 0.15) is 18.0 Å². The first kappa shape index (κ1) is 11.2. The minimum Gasteiger partial charge on any atom is -0.305 e. The second-order valence-electron chi connectivity index (χ2n) is 3.63. The van der Waals surface area contributed by atoms with Crippen LogP contribution in [-0.4, -0.2) is 12.3 Å². The number of nitrogens with one attached hydrogen (secondary N) is 1. The number of hydrogen-bond acceptors (Lipinski definition) is 2. The van der Waals surface area contributed by atoms with Crippen LogP contribution < -0.4 is 5.32 Å². The molecule has 1 aliphatic rings. The fraction of sp³-hybridized carbons (Fsp3) is 0.333. The number of hydrogen-bond donors (Lipinski definition) is 1. The summed E-state index contributed by atoms with van der Waals surface area (Å²) in [6.45, 7) is 4.68. The maximum Gasteiger partial charge on any atom is 0.0342 e. The Labute approximate surface area is 103 Å². The molecule has 1 nitrogen and oxygen atoms in total. The van der Waals surface area contributed by atoms with Crippen LogP contribution in [0.15, 0.2) is 40.2 Å². The van der Waals surface area contributed by atoms with Gasteiger partial charge < -0.3 is 5.32 Å². The third kappa shape index (κ3) is 2.86. The van der Waals surface area contributed by atoms with E-state index < -0.39 is 0 Å². The van der Waals surface area contributed by atoms with E-state index in [2.05, 4.69) is 52.1 Å². The molecule has 0 aromatic heterocycles. The Morgan fingerprint density at radius 1 is 1.53 bits per heavy atom. The molecule has 1 aliphatic heterocycles. The van der Waals surface area contributed by atoms with Gasteiger partial charge in [0, 0.05) is 22.0 Å². The highest BCUT2D eigenvalue weighted by molar-refractivity contribution is 9.11. The van der Waals surface area contributed by atoms with E-state index in [0.29, 0.717) is 6.04 Å². The van der Waals surface area contributed by atoms with Crippen molar-refractivity contribution < 1.29 is 0 Å². The molecule has 0 bridgehead atoms. The summed E-state index contributed by atoms with van der Waals surface area (Å²) >= 11 is 5.33. The van der Waals surface area contributed by atoms with Crippen molar-refractivity contribution in [1.29, 1.82) is 0 Å². The third-order valence-electron chi connectivity index (χ3n) is 2.50. The summed E-state index contributed by atoms with van der Waals surface area (Å²) in [5.74, 6) is 1.20. The van der Waals surface area contributed by atoms with E-state index >= 15 is 0 Å². The summed E-state index contributed by atoms with van der Waals surface area (Å²) in [5.41, 5.74) is 1.43. The molecule has 1 N–H and O–H groups in total. The summed E-state index contributed by atoms with van der Waals surface area (Å²) in [7, 11) is 0. The van der Waals surface area contributed by atoms with Gasteiger partial charge in [0.25, 0.3) is 0 Å². The predicted octanol–water partition coefficient (Wildman–Crippen LogP) is 3.72. The van der Waals surface area contributed by atoms with Gasteiger partial charge in [-0.1, -0.05) is 40.7 Å². The Kier molecular flexibility index (Phi) is 3.89. The predicted molar refractivity (Wildman–Crippen MR) is 70.6 cm³/mol. The van der Waals surface area contributed by atoms with E-state index in [0.717, 1.165) is 11.0 Å². The van der Waals surface area contributed by atoms with Crippen LogP contribution in [0.2, 0.25) is 0 Å². The van der Waals surface area contributed by atoms with Crippen LogP contribution in [0.25, 0.3) is 0 Å². The summed E-state index contributed by atoms with van der Waals surface area (Å²) in [5, 5.41) is 3.52. The van der Waals surface area contributed by atoms with Crippen molar-refractivity contribution in [3.05, 3.63) is 40.9 Å². The first-order chi connectivity index (χ1) is 7.27. The molecule has 0 fully saturated rings. The normalized spacial score (nSPS) is 19.7. The Hall–Kier alpha value is -0.250. The van der Waals surface area contributed by atoms with Crippen molar-refractivity contribution in [2.24, 2.45) is 0 Å². The average Bonchev–Trinajstić information content (AvgIpc) is 2.26. The Morgan fingerprint density at radius 2 is 2.33 bits per heavy atom. The van der Waals surface area contributed by atoms with E-state index in [1.807, 2.05) is 11.8 Å². The zero-order valence-electron chi connectivity index (χ0n) is 8.50. The summed E-state index contributed by atoms with van der Waals surface area (Å²) in [6.07, 6.45) is 1.20. The van der Waals surface area contributed by atoms with Crippen molar-refractivity contribution >= 4 is 27.7 Å². The molecule has 1 aromatic carbocycles. The lowest BCUT2D eigenvalue weighted by Crippen LogP contribution is -2.25. The highest BCUT2D eigenvalue weighted by atomic mass is 79.9. The fourth-order valence-electron chi connectivity index (χ4n) is 1.79. The van der Waals surface area contributed by atoms with E-state index in [1.165, 1.54) is 22.6 Å². The van der Waals surface area contributed by atoms with Crippen molar-refractivity contribution in [2.75, 3.05) is 12.3 Å². The third-order valence-corrected chi connectivity index (χ3v) is 3.90. The first-order valence-corrected chi connectivity index (χ1v) is 6.83. The molecule has 1 unspecified atom stereocenters. The van der Waals surface area contributed by atoms with Crippen LogP contribution in [-0.2, 0) is 0 Å². The molecule has 15 heavy (non-hydrogen) atoms. The first-order valence-electron chi connectivity index (χ1n) is 5.06. The molecule has 3 heteroatoms. The highest BCUT2D eigenvalue weighted by Crippen LogP contribution is 2.35. The molecule has 1 atom stereocenters. The molecule has 1 aromatic rings. The van der Waals surface area contributed by atoms with E-state index in [1.54, 1.807) is 0 Å². The molecule has 1 heterocycles. The largest absolute Gasteiger partial charge is 0.305 e. The fourth-order valence-corrected chi connectivity index (χ4v) is 3.08. The minimum absolute atomic E-state index is 0.483. The lowest BCUT2D eigenvalue weighted by molar-refractivity contribution is 0.540. The molecule has 0 aliphatic carbocycles. The van der Waals surface area contributed by atoms with Gasteiger partial charge >= 0.3 is 0 Å². The number of thioether (sulfide) groups is 1. The maximum absolute atomic E-state index is 3.84. The maximum atomic E-state index is 3.84. The van der Waals surface area contributed by atoms with Crippen molar-refractivity contribution in [2.45, 2.75) is 17.4 Å². The average molecular weight is 284 g/mol. The van der Waals surface area contributed by atoms with Gasteiger partial charge in [-0.2, -0.15) is 0 Å². The Morgan fingerprint density at radius 3 is 3.13 bits per heavy atom. The summed E-state index contributed by atoms with van der Waals surface area (Å²) in [4.78, 5) is 1.42. The summed E-state index contributed by atoms with van der Waals surface area (Å²) in [6, 6.07) is 9.13. The van der Waals surface area contributed by atoms with Gasteiger partial charge in [-0.15, -0.1) is 11.8 Å². The van der Waals surface area contributed by atoms with Crippen molar-refractivity contribution in [3.8, 4) is 0 Å². The topological polar surface area (TPSA) is 12.0 Å². The van der Waals surface area contributed by atoms with E-state index in [9.17, 15) is 0 Å². The zero-order valence-corrected chi connectivity index (χ0v) is 10.9. The van der Waals surface area contributed by atoms with E-state index in [4.69, 9.17) is 0 Å². The van der Waals surface area contributed by atoms with Gasteiger partial charge in [-0.25, -0.2) is 0 Å². The molecular formula is C12H14BrNS. The molecule has 0 saturated heterocycles. The van der Waals surface area contributed by atoms with Crippen LogP contribution in [0.3, 0.4) is 0 Å². The molecule has 0 radical (unpaired) electrons. The SMILES string of the molecule is C=C(Br)CNC1CCSc2ccccc21. The van der Waals surface area contributed by atoms with Crippen LogP contribution in [0, 0.1) is 0 Å². The highest BCUT2D eigenvalue weighted by Gasteiger charge is 2.19. The number of rotatable bonds is 3. The van der Waals surface area contributed by atoms with Gasteiger partial charge in [0.2, 0.25) is 0 Å². The summed E-state index contributed by atoms with van der Waals surface area (Å²) < 4.78 is 1.01. The molecule has 0 spiro atoms. The molecule has 80 valence electrons. The lowest BCUT2D eigenvalue weighted by atomic mass is 10.0. The molecular weight excluding hydrogens is 270 g/mol. The van der Waals surface area contributed by atoms with E-state index in [-0.39, 0.29) is 0 Å². The lowest BCUT2D eigenvalue weighted by Gasteiger charge is -2.25. The quantitative estimate of drug-likeness (QED) is 0.908. The second-order valence-corrected chi connectivity index (χ2v) is 5.88. The Balaban J connectivity index is 2.11. The van der Waals surface area contributed by atoms with Gasteiger partial charge in [-0.3, -0.25) is 0 Å². The number of fused-ring (bicyclic) bond motifs is 1. The molecule has 0 amide bonds. The van der Waals surface area contributed by atoms with Crippen LogP contribution >= 0.6 is 27.7 Å². The zero-order chi connectivity index (χ0) is 10.7. The van der Waals surface area contributed by atoms with Crippen molar-refractivity contribution in [1.82, 2.24) is 5.32 Å². The number of benzene rings is 1. The monoisotopic (exact) mass is 283 g/mol. The van der Waals surface area contributed by atoms with Crippen molar-refractivity contribution in [3.63, 3.8) is 0 Å². The Bertz CT molecular complexity index is 364. The molecule has 2 rings (SSSR count). The van der Waals surface area contributed by atoms with Gasteiger partial charge in [0.05, 0.1) is 0 Å². The van der Waals surface area contributed by atoms with Gasteiger partial charge in [0.1, 0.15) is 0 Å².